The molecule has 1 aliphatic rings. The number of para-hydroxylation sites is 2. The van der Waals surface area contributed by atoms with Crippen molar-refractivity contribution in [3.63, 3.8) is 0 Å². The van der Waals surface area contributed by atoms with Crippen molar-refractivity contribution < 1.29 is 14.9 Å². The molecule has 1 saturated heterocycles. The van der Waals surface area contributed by atoms with Gasteiger partial charge in [0, 0.05) is 0 Å². The minimum atomic E-state index is -1.06. The first kappa shape index (κ1) is 17.1. The van der Waals surface area contributed by atoms with Gasteiger partial charge < -0.3 is 14.9 Å². The summed E-state index contributed by atoms with van der Waals surface area (Å²) in [5.41, 5.74) is 7.77. The molecule has 3 unspecified atom stereocenters. The zero-order chi connectivity index (χ0) is 17.5. The summed E-state index contributed by atoms with van der Waals surface area (Å²) in [7, 11) is 0. The lowest BCUT2D eigenvalue weighted by Gasteiger charge is -2.15. The molecule has 25 heavy (non-hydrogen) atoms. The van der Waals surface area contributed by atoms with Crippen molar-refractivity contribution in [3.05, 3.63) is 60.7 Å². The van der Waals surface area contributed by atoms with Crippen LogP contribution in [0.2, 0.25) is 0 Å². The van der Waals surface area contributed by atoms with E-state index in [2.05, 4.69) is 21.1 Å². The van der Waals surface area contributed by atoms with Crippen LogP contribution in [0.25, 0.3) is 0 Å². The SMILES string of the molecule is OC1COC(C(/C=N/Nc2ccccc2)=N/Nc2ccccc2)C1O. The van der Waals surface area contributed by atoms with E-state index >= 15 is 0 Å². The summed E-state index contributed by atoms with van der Waals surface area (Å²) in [5.74, 6) is 0. The molecule has 1 aliphatic heterocycles. The third kappa shape index (κ3) is 4.63. The Morgan fingerprint density at radius 1 is 0.960 bits per heavy atom. The molecule has 1 fully saturated rings. The number of hydrogen-bond donors (Lipinski definition) is 4. The van der Waals surface area contributed by atoms with E-state index in [9.17, 15) is 10.2 Å². The molecule has 130 valence electrons. The first-order chi connectivity index (χ1) is 12.2. The first-order valence-corrected chi connectivity index (χ1v) is 7.94. The lowest BCUT2D eigenvalue weighted by molar-refractivity contribution is 0.0476. The van der Waals surface area contributed by atoms with E-state index in [1.54, 1.807) is 0 Å². The monoisotopic (exact) mass is 340 g/mol. The number of nitrogens with one attached hydrogen (secondary N) is 2. The number of aliphatic hydroxyl groups is 2. The van der Waals surface area contributed by atoms with Gasteiger partial charge in [0.1, 0.15) is 24.0 Å². The van der Waals surface area contributed by atoms with Gasteiger partial charge >= 0.3 is 0 Å². The van der Waals surface area contributed by atoms with E-state index in [-0.39, 0.29) is 6.61 Å². The Balaban J connectivity index is 1.74. The van der Waals surface area contributed by atoms with Crippen LogP contribution in [0.4, 0.5) is 11.4 Å². The van der Waals surface area contributed by atoms with Crippen molar-refractivity contribution in [2.75, 3.05) is 17.5 Å². The zero-order valence-corrected chi connectivity index (χ0v) is 13.5. The van der Waals surface area contributed by atoms with Crippen LogP contribution in [-0.2, 0) is 4.74 Å². The lowest BCUT2D eigenvalue weighted by Crippen LogP contribution is -2.37. The summed E-state index contributed by atoms with van der Waals surface area (Å²) < 4.78 is 5.44. The second-order valence-electron chi connectivity index (χ2n) is 5.56. The fourth-order valence-corrected chi connectivity index (χ4v) is 2.35. The molecule has 0 aliphatic carbocycles. The number of hydrogen-bond acceptors (Lipinski definition) is 7. The maximum Gasteiger partial charge on any atom is 0.131 e. The van der Waals surface area contributed by atoms with Gasteiger partial charge in [0.05, 0.1) is 24.2 Å². The van der Waals surface area contributed by atoms with E-state index in [1.807, 2.05) is 60.7 Å². The topological polar surface area (TPSA) is 98.5 Å². The van der Waals surface area contributed by atoms with Crippen LogP contribution in [0, 0.1) is 0 Å². The molecule has 4 N–H and O–H groups in total. The highest BCUT2D eigenvalue weighted by molar-refractivity contribution is 6.33. The van der Waals surface area contributed by atoms with E-state index in [0.717, 1.165) is 11.4 Å². The van der Waals surface area contributed by atoms with Crippen LogP contribution in [0.5, 0.6) is 0 Å². The van der Waals surface area contributed by atoms with Crippen LogP contribution < -0.4 is 10.9 Å². The molecule has 3 rings (SSSR count). The minimum absolute atomic E-state index is 0.0517. The fourth-order valence-electron chi connectivity index (χ4n) is 2.35. The van der Waals surface area contributed by atoms with Crippen LogP contribution in [0.15, 0.2) is 70.9 Å². The highest BCUT2D eigenvalue weighted by Crippen LogP contribution is 2.16. The molecule has 7 heteroatoms. The summed E-state index contributed by atoms with van der Waals surface area (Å²) in [6.07, 6.45) is -1.29. The molecule has 0 radical (unpaired) electrons. The van der Waals surface area contributed by atoms with E-state index < -0.39 is 18.3 Å². The molecule has 0 bridgehead atoms. The number of anilines is 2. The van der Waals surface area contributed by atoms with E-state index in [4.69, 9.17) is 4.74 Å². The Kier molecular flexibility index (Phi) is 5.73. The molecule has 0 amide bonds. The smallest absolute Gasteiger partial charge is 0.131 e. The molecule has 0 saturated carbocycles. The normalized spacial score (nSPS) is 23.8. The average Bonchev–Trinajstić information content (AvgIpc) is 2.99. The first-order valence-electron chi connectivity index (χ1n) is 7.94. The standard InChI is InChI=1S/C18H20N4O3/c23-16-12-25-18(17(16)24)15(22-21-14-9-5-2-6-10-14)11-19-20-13-7-3-1-4-8-13/h1-11,16-18,20-21,23-24H,12H2/b19-11+,22-15+. The van der Waals surface area contributed by atoms with Crippen molar-refractivity contribution in [1.82, 2.24) is 0 Å². The van der Waals surface area contributed by atoms with Crippen LogP contribution in [0.3, 0.4) is 0 Å². The van der Waals surface area contributed by atoms with Gasteiger partial charge in [-0.2, -0.15) is 10.2 Å². The highest BCUT2D eigenvalue weighted by Gasteiger charge is 2.37. The summed E-state index contributed by atoms with van der Waals surface area (Å²) in [6.45, 7) is 0.0517. The number of nitrogens with zero attached hydrogens (tertiary/aromatic N) is 2. The number of ether oxygens (including phenoxy) is 1. The number of rotatable bonds is 6. The summed E-state index contributed by atoms with van der Waals surface area (Å²) >= 11 is 0. The Morgan fingerprint density at radius 2 is 1.56 bits per heavy atom. The Hall–Kier alpha value is -2.74. The predicted molar refractivity (Wildman–Crippen MR) is 97.8 cm³/mol. The second-order valence-corrected chi connectivity index (χ2v) is 5.56. The Bertz CT molecular complexity index is 722. The van der Waals surface area contributed by atoms with E-state index in [1.165, 1.54) is 6.21 Å². The van der Waals surface area contributed by atoms with Crippen LogP contribution >= 0.6 is 0 Å². The molecule has 2 aromatic rings. The number of aliphatic hydroxyl groups excluding tert-OH is 2. The summed E-state index contributed by atoms with van der Waals surface area (Å²) in [6, 6.07) is 18.8. The van der Waals surface area contributed by atoms with Gasteiger partial charge in [-0.15, -0.1) is 0 Å². The molecular weight excluding hydrogens is 320 g/mol. The van der Waals surface area contributed by atoms with Gasteiger partial charge in [-0.1, -0.05) is 36.4 Å². The largest absolute Gasteiger partial charge is 0.388 e. The Morgan fingerprint density at radius 3 is 2.12 bits per heavy atom. The maximum absolute atomic E-state index is 10.1. The van der Waals surface area contributed by atoms with Crippen molar-refractivity contribution in [3.8, 4) is 0 Å². The van der Waals surface area contributed by atoms with Crippen LogP contribution in [-0.4, -0.2) is 47.1 Å². The fraction of sp³-hybridized carbons (Fsp3) is 0.222. The van der Waals surface area contributed by atoms with Gasteiger partial charge in [0.15, 0.2) is 0 Å². The molecule has 0 spiro atoms. The third-order valence-electron chi connectivity index (χ3n) is 3.69. The number of benzene rings is 2. The summed E-state index contributed by atoms with van der Waals surface area (Å²) in [4.78, 5) is 0. The zero-order valence-electron chi connectivity index (χ0n) is 13.5. The average molecular weight is 340 g/mol. The molecule has 1 heterocycles. The molecule has 0 aromatic heterocycles. The van der Waals surface area contributed by atoms with Crippen molar-refractivity contribution >= 4 is 23.3 Å². The molecule has 3 atom stereocenters. The molecule has 2 aromatic carbocycles. The second kappa shape index (κ2) is 8.39. The third-order valence-corrected chi connectivity index (χ3v) is 3.69. The summed E-state index contributed by atoms with van der Waals surface area (Å²) in [5, 5.41) is 28.2. The van der Waals surface area contributed by atoms with Crippen molar-refractivity contribution in [2.24, 2.45) is 10.2 Å². The lowest BCUT2D eigenvalue weighted by atomic mass is 10.1. The maximum atomic E-state index is 10.1. The van der Waals surface area contributed by atoms with Gasteiger partial charge in [0.25, 0.3) is 0 Å². The highest BCUT2D eigenvalue weighted by atomic mass is 16.5. The quantitative estimate of drug-likeness (QED) is 0.474. The molecular formula is C18H20N4O3. The van der Waals surface area contributed by atoms with Crippen molar-refractivity contribution in [2.45, 2.75) is 18.3 Å². The number of hydrazone groups is 2. The van der Waals surface area contributed by atoms with Crippen molar-refractivity contribution in [1.29, 1.82) is 0 Å². The van der Waals surface area contributed by atoms with Crippen LogP contribution in [0.1, 0.15) is 0 Å². The molecule has 7 nitrogen and oxygen atoms in total. The van der Waals surface area contributed by atoms with E-state index in [0.29, 0.717) is 5.71 Å². The minimum Gasteiger partial charge on any atom is -0.388 e. The van der Waals surface area contributed by atoms with Gasteiger partial charge in [-0.3, -0.25) is 10.9 Å². The van der Waals surface area contributed by atoms with Gasteiger partial charge in [-0.05, 0) is 24.3 Å². The predicted octanol–water partition coefficient (Wildman–Crippen LogP) is 1.67. The Labute approximate surface area is 145 Å². The van der Waals surface area contributed by atoms with Gasteiger partial charge in [-0.25, -0.2) is 0 Å². The van der Waals surface area contributed by atoms with Gasteiger partial charge in [0.2, 0.25) is 0 Å².